The van der Waals surface area contributed by atoms with E-state index in [0.717, 1.165) is 6.07 Å². The molecule has 2 aromatic heterocycles. The number of nitriles is 1. The van der Waals surface area contributed by atoms with Crippen LogP contribution in [0.25, 0.3) is 11.4 Å². The zero-order chi connectivity index (χ0) is 24.3. The molecule has 3 heterocycles. The number of amides is 1. The van der Waals surface area contributed by atoms with Crippen LogP contribution in [0.3, 0.4) is 0 Å². The van der Waals surface area contributed by atoms with Crippen LogP contribution in [0.2, 0.25) is 0 Å². The van der Waals surface area contributed by atoms with Crippen LogP contribution in [0.4, 0.5) is 13.2 Å². The summed E-state index contributed by atoms with van der Waals surface area (Å²) in [5, 5.41) is 9.93. The fraction of sp³-hybridized carbons (Fsp3) is 0.320. The molecule has 0 bridgehead atoms. The van der Waals surface area contributed by atoms with Crippen molar-refractivity contribution in [3.63, 3.8) is 0 Å². The average molecular weight is 465 g/mol. The molecule has 0 radical (unpaired) electrons. The van der Waals surface area contributed by atoms with Crippen LogP contribution >= 0.6 is 0 Å². The molecule has 3 aromatic rings. The molecule has 0 atom stereocenters. The van der Waals surface area contributed by atoms with Gasteiger partial charge in [-0.3, -0.25) is 9.78 Å². The summed E-state index contributed by atoms with van der Waals surface area (Å²) < 4.78 is 40.8. The molecule has 1 aromatic carbocycles. The Balaban J connectivity index is 1.54. The quantitative estimate of drug-likeness (QED) is 0.550. The molecule has 4 rings (SSSR count). The minimum absolute atomic E-state index is 0.0142. The van der Waals surface area contributed by atoms with E-state index in [1.807, 2.05) is 0 Å². The zero-order valence-electron chi connectivity index (χ0n) is 18.5. The molecule has 0 N–H and O–H groups in total. The number of benzene rings is 1. The molecule has 0 saturated carbocycles. The van der Waals surface area contributed by atoms with Crippen molar-refractivity contribution in [3.8, 4) is 17.5 Å². The first-order valence-corrected chi connectivity index (χ1v) is 10.8. The fourth-order valence-electron chi connectivity index (χ4n) is 4.32. The zero-order valence-corrected chi connectivity index (χ0v) is 18.5. The molecule has 1 fully saturated rings. The number of hydrogen-bond donors (Lipinski definition) is 0. The standard InChI is InChI=1S/C25H22F3N5O/c1-17-4-5-18(20(13-17)25(26,27)28)14-24(15-29)7-11-33(12-8-24)23(34)19-3-2-9-31-22(19)21-6-10-30-16-32-21/h2-6,9-10,13,16H,7-8,11-12,14H2,1H3. The van der Waals surface area contributed by atoms with Crippen molar-refractivity contribution < 1.29 is 18.0 Å². The Bertz CT molecular complexity index is 1230. The minimum Gasteiger partial charge on any atom is -0.338 e. The lowest BCUT2D eigenvalue weighted by atomic mass is 9.74. The van der Waals surface area contributed by atoms with Crippen molar-refractivity contribution in [2.75, 3.05) is 13.1 Å². The van der Waals surface area contributed by atoms with Crippen molar-refractivity contribution in [2.45, 2.75) is 32.4 Å². The molecular formula is C25H22F3N5O. The van der Waals surface area contributed by atoms with Gasteiger partial charge in [-0.05, 0) is 56.0 Å². The number of hydrogen-bond acceptors (Lipinski definition) is 5. The van der Waals surface area contributed by atoms with Gasteiger partial charge in [-0.25, -0.2) is 9.97 Å². The second-order valence-corrected chi connectivity index (χ2v) is 8.51. The lowest BCUT2D eigenvalue weighted by Gasteiger charge is -2.38. The normalized spacial score (nSPS) is 15.6. The summed E-state index contributed by atoms with van der Waals surface area (Å²) in [6.07, 6.45) is 0.568. The average Bonchev–Trinajstić information content (AvgIpc) is 2.85. The smallest absolute Gasteiger partial charge is 0.338 e. The van der Waals surface area contributed by atoms with E-state index in [1.165, 1.54) is 12.4 Å². The maximum Gasteiger partial charge on any atom is 0.416 e. The third-order valence-electron chi connectivity index (χ3n) is 6.21. The molecule has 1 aliphatic rings. The number of aromatic nitrogens is 3. The maximum atomic E-state index is 13.6. The van der Waals surface area contributed by atoms with E-state index in [0.29, 0.717) is 22.5 Å². The second kappa shape index (κ2) is 9.21. The summed E-state index contributed by atoms with van der Waals surface area (Å²) >= 11 is 0. The highest BCUT2D eigenvalue weighted by molar-refractivity contribution is 5.99. The first kappa shape index (κ1) is 23.4. The van der Waals surface area contributed by atoms with E-state index < -0.39 is 17.2 Å². The van der Waals surface area contributed by atoms with Gasteiger partial charge in [-0.2, -0.15) is 18.4 Å². The first-order chi connectivity index (χ1) is 16.2. The molecule has 1 aliphatic heterocycles. The van der Waals surface area contributed by atoms with Crippen LogP contribution in [0, 0.1) is 23.7 Å². The Hall–Kier alpha value is -3.80. The number of piperidine rings is 1. The van der Waals surface area contributed by atoms with Crippen LogP contribution in [0.1, 0.15) is 39.9 Å². The number of alkyl halides is 3. The Labute approximate surface area is 195 Å². The van der Waals surface area contributed by atoms with Crippen molar-refractivity contribution in [1.29, 1.82) is 5.26 Å². The van der Waals surface area contributed by atoms with Gasteiger partial charge in [-0.15, -0.1) is 0 Å². The number of carbonyl (C=O) groups is 1. The largest absolute Gasteiger partial charge is 0.416 e. The fourth-order valence-corrected chi connectivity index (χ4v) is 4.32. The molecule has 6 nitrogen and oxygen atoms in total. The molecule has 1 saturated heterocycles. The third-order valence-corrected chi connectivity index (χ3v) is 6.21. The molecule has 34 heavy (non-hydrogen) atoms. The van der Waals surface area contributed by atoms with Gasteiger partial charge in [0.1, 0.15) is 12.0 Å². The van der Waals surface area contributed by atoms with Gasteiger partial charge < -0.3 is 4.90 Å². The number of carbonyl (C=O) groups excluding carboxylic acids is 1. The van der Waals surface area contributed by atoms with Crippen molar-refractivity contribution >= 4 is 5.91 Å². The SMILES string of the molecule is Cc1ccc(CC2(C#N)CCN(C(=O)c3cccnc3-c3ccncn3)CC2)c(C(F)(F)F)c1. The van der Waals surface area contributed by atoms with Crippen LogP contribution in [0.15, 0.2) is 55.1 Å². The predicted octanol–water partition coefficient (Wildman–Crippen LogP) is 4.85. The minimum atomic E-state index is -4.49. The lowest BCUT2D eigenvalue weighted by Crippen LogP contribution is -2.44. The Morgan fingerprint density at radius 1 is 1.15 bits per heavy atom. The van der Waals surface area contributed by atoms with E-state index in [2.05, 4.69) is 21.0 Å². The summed E-state index contributed by atoms with van der Waals surface area (Å²) in [4.78, 5) is 27.3. The molecule has 1 amide bonds. The highest BCUT2D eigenvalue weighted by atomic mass is 19.4. The van der Waals surface area contributed by atoms with E-state index in [-0.39, 0.29) is 43.8 Å². The van der Waals surface area contributed by atoms with Gasteiger partial charge in [-0.1, -0.05) is 17.7 Å². The molecule has 174 valence electrons. The van der Waals surface area contributed by atoms with E-state index in [4.69, 9.17) is 0 Å². The van der Waals surface area contributed by atoms with Crippen LogP contribution in [-0.2, 0) is 12.6 Å². The number of halogens is 3. The highest BCUT2D eigenvalue weighted by Gasteiger charge is 2.40. The summed E-state index contributed by atoms with van der Waals surface area (Å²) in [5.41, 5.74) is 0.268. The first-order valence-electron chi connectivity index (χ1n) is 10.8. The molecule has 0 unspecified atom stereocenters. The van der Waals surface area contributed by atoms with E-state index in [1.54, 1.807) is 48.5 Å². The molecular weight excluding hydrogens is 443 g/mol. The summed E-state index contributed by atoms with van der Waals surface area (Å²) in [6.45, 7) is 2.13. The summed E-state index contributed by atoms with van der Waals surface area (Å²) in [5.74, 6) is -0.250. The van der Waals surface area contributed by atoms with Gasteiger partial charge in [0.25, 0.3) is 5.91 Å². The summed E-state index contributed by atoms with van der Waals surface area (Å²) in [7, 11) is 0. The Morgan fingerprint density at radius 3 is 2.56 bits per heavy atom. The number of nitrogens with zero attached hydrogens (tertiary/aromatic N) is 5. The monoisotopic (exact) mass is 465 g/mol. The number of rotatable bonds is 4. The number of pyridine rings is 1. The maximum absolute atomic E-state index is 13.6. The Kier molecular flexibility index (Phi) is 6.33. The van der Waals surface area contributed by atoms with Gasteiger partial charge in [0, 0.05) is 25.5 Å². The highest BCUT2D eigenvalue weighted by Crippen LogP contribution is 2.40. The molecule has 9 heteroatoms. The van der Waals surface area contributed by atoms with E-state index >= 15 is 0 Å². The predicted molar refractivity (Wildman–Crippen MR) is 118 cm³/mol. The topological polar surface area (TPSA) is 82.8 Å². The van der Waals surface area contributed by atoms with E-state index in [9.17, 15) is 23.2 Å². The lowest BCUT2D eigenvalue weighted by molar-refractivity contribution is -0.138. The van der Waals surface area contributed by atoms with Gasteiger partial charge in [0.2, 0.25) is 0 Å². The van der Waals surface area contributed by atoms with Crippen LogP contribution in [-0.4, -0.2) is 38.8 Å². The van der Waals surface area contributed by atoms with Gasteiger partial charge in [0.15, 0.2) is 0 Å². The van der Waals surface area contributed by atoms with Crippen LogP contribution in [0.5, 0.6) is 0 Å². The van der Waals surface area contributed by atoms with Gasteiger partial charge >= 0.3 is 6.18 Å². The number of likely N-dealkylation sites (tertiary alicyclic amines) is 1. The molecule has 0 aliphatic carbocycles. The number of aryl methyl sites for hydroxylation is 1. The Morgan fingerprint density at radius 2 is 1.91 bits per heavy atom. The van der Waals surface area contributed by atoms with Gasteiger partial charge in [0.05, 0.1) is 28.3 Å². The molecule has 0 spiro atoms. The summed E-state index contributed by atoms with van der Waals surface area (Å²) in [6, 6.07) is 11.5. The second-order valence-electron chi connectivity index (χ2n) is 8.51. The van der Waals surface area contributed by atoms with Crippen molar-refractivity contribution in [1.82, 2.24) is 19.9 Å². The van der Waals surface area contributed by atoms with Crippen LogP contribution < -0.4 is 0 Å². The van der Waals surface area contributed by atoms with Crippen molar-refractivity contribution in [3.05, 3.63) is 77.4 Å². The third kappa shape index (κ3) is 4.76. The van der Waals surface area contributed by atoms with Crippen molar-refractivity contribution in [2.24, 2.45) is 5.41 Å².